The maximum Gasteiger partial charge on any atom is 0.255 e. The van der Waals surface area contributed by atoms with E-state index in [1.54, 1.807) is 0 Å². The first-order valence-electron chi connectivity index (χ1n) is 6.82. The fourth-order valence-electron chi connectivity index (χ4n) is 3.77. The lowest BCUT2D eigenvalue weighted by atomic mass is 9.93. The van der Waals surface area contributed by atoms with Crippen molar-refractivity contribution in [1.29, 1.82) is 0 Å². The minimum atomic E-state index is -0.553. The standard InChI is InChI=1S/C13H22N2O2/c1-13(5-2-6-17-13)12(16)15-10-3-4-11(15)8-9(14)7-10/h9-11H,2-8,14H2,1H3. The molecule has 3 atom stereocenters. The summed E-state index contributed by atoms with van der Waals surface area (Å²) in [6.45, 7) is 2.68. The number of fused-ring (bicyclic) bond motifs is 2. The Hall–Kier alpha value is -0.610. The van der Waals surface area contributed by atoms with Crippen molar-refractivity contribution in [2.75, 3.05) is 6.61 Å². The number of hydrogen-bond acceptors (Lipinski definition) is 3. The molecule has 0 aliphatic carbocycles. The highest BCUT2D eigenvalue weighted by molar-refractivity contribution is 5.86. The zero-order chi connectivity index (χ0) is 12.0. The van der Waals surface area contributed by atoms with Crippen LogP contribution in [-0.4, -0.2) is 41.1 Å². The molecule has 3 aliphatic rings. The molecule has 2 N–H and O–H groups in total. The average molecular weight is 238 g/mol. The summed E-state index contributed by atoms with van der Waals surface area (Å²) in [4.78, 5) is 14.8. The first kappa shape index (κ1) is 11.5. The van der Waals surface area contributed by atoms with Gasteiger partial charge in [0.15, 0.2) is 0 Å². The summed E-state index contributed by atoms with van der Waals surface area (Å²) >= 11 is 0. The minimum Gasteiger partial charge on any atom is -0.365 e. The number of carbonyl (C=O) groups is 1. The Morgan fingerprint density at radius 3 is 2.53 bits per heavy atom. The Bertz CT molecular complexity index is 311. The van der Waals surface area contributed by atoms with E-state index in [1.165, 1.54) is 0 Å². The number of ether oxygens (including phenoxy) is 1. The van der Waals surface area contributed by atoms with Crippen molar-refractivity contribution in [3.05, 3.63) is 0 Å². The quantitative estimate of drug-likeness (QED) is 0.742. The molecule has 17 heavy (non-hydrogen) atoms. The Morgan fingerprint density at radius 1 is 1.35 bits per heavy atom. The molecular formula is C13H22N2O2. The number of carbonyl (C=O) groups excluding carboxylic acids is 1. The molecule has 0 aromatic heterocycles. The molecule has 96 valence electrons. The van der Waals surface area contributed by atoms with Crippen LogP contribution < -0.4 is 5.73 Å². The first-order chi connectivity index (χ1) is 8.10. The van der Waals surface area contributed by atoms with E-state index >= 15 is 0 Å². The summed E-state index contributed by atoms with van der Waals surface area (Å²) in [6, 6.07) is 1.03. The second kappa shape index (κ2) is 3.95. The fourth-order valence-corrected chi connectivity index (χ4v) is 3.77. The zero-order valence-corrected chi connectivity index (χ0v) is 10.5. The van der Waals surface area contributed by atoms with E-state index in [1.807, 2.05) is 6.92 Å². The van der Waals surface area contributed by atoms with Crippen molar-refractivity contribution in [3.63, 3.8) is 0 Å². The topological polar surface area (TPSA) is 55.6 Å². The van der Waals surface area contributed by atoms with E-state index in [0.29, 0.717) is 12.1 Å². The van der Waals surface area contributed by atoms with Gasteiger partial charge < -0.3 is 15.4 Å². The molecule has 3 fully saturated rings. The summed E-state index contributed by atoms with van der Waals surface area (Å²) in [5.74, 6) is 0.217. The Labute approximate surface area is 102 Å². The van der Waals surface area contributed by atoms with Crippen LogP contribution in [0.2, 0.25) is 0 Å². The first-order valence-corrected chi connectivity index (χ1v) is 6.82. The Morgan fingerprint density at radius 2 is 2.00 bits per heavy atom. The highest BCUT2D eigenvalue weighted by atomic mass is 16.5. The second-order valence-corrected chi connectivity index (χ2v) is 6.01. The SMILES string of the molecule is CC1(C(=O)N2C3CCC2CC(N)C3)CCCO1. The monoisotopic (exact) mass is 238 g/mol. The van der Waals surface area contributed by atoms with Crippen LogP contribution in [0.5, 0.6) is 0 Å². The van der Waals surface area contributed by atoms with E-state index < -0.39 is 5.60 Å². The van der Waals surface area contributed by atoms with E-state index in [2.05, 4.69) is 4.90 Å². The van der Waals surface area contributed by atoms with Crippen molar-refractivity contribution in [2.45, 2.75) is 69.2 Å². The fraction of sp³-hybridized carbons (Fsp3) is 0.923. The molecule has 3 aliphatic heterocycles. The van der Waals surface area contributed by atoms with Gasteiger partial charge in [-0.05, 0) is 45.4 Å². The largest absolute Gasteiger partial charge is 0.365 e. The van der Waals surface area contributed by atoms with Gasteiger partial charge >= 0.3 is 0 Å². The molecule has 0 spiro atoms. The van der Waals surface area contributed by atoms with Crippen molar-refractivity contribution >= 4 is 5.91 Å². The van der Waals surface area contributed by atoms with Gasteiger partial charge in [0.1, 0.15) is 5.60 Å². The van der Waals surface area contributed by atoms with Crippen molar-refractivity contribution in [1.82, 2.24) is 4.90 Å². The van der Waals surface area contributed by atoms with Crippen LogP contribution in [0.4, 0.5) is 0 Å². The lowest BCUT2D eigenvalue weighted by Crippen LogP contribution is -2.56. The molecule has 1 amide bonds. The summed E-state index contributed by atoms with van der Waals surface area (Å²) in [6.07, 6.45) is 6.07. The molecule has 3 unspecified atom stereocenters. The van der Waals surface area contributed by atoms with Gasteiger partial charge in [0.05, 0.1) is 0 Å². The van der Waals surface area contributed by atoms with Crippen LogP contribution in [0.1, 0.15) is 45.4 Å². The molecule has 4 heteroatoms. The molecule has 3 heterocycles. The van der Waals surface area contributed by atoms with Gasteiger partial charge in [0.2, 0.25) is 0 Å². The maximum absolute atomic E-state index is 12.6. The van der Waals surface area contributed by atoms with Gasteiger partial charge in [-0.2, -0.15) is 0 Å². The minimum absolute atomic E-state index is 0.217. The van der Waals surface area contributed by atoms with E-state index in [0.717, 1.165) is 45.1 Å². The van der Waals surface area contributed by atoms with Crippen LogP contribution in [-0.2, 0) is 9.53 Å². The number of rotatable bonds is 1. The van der Waals surface area contributed by atoms with E-state index in [9.17, 15) is 4.79 Å². The summed E-state index contributed by atoms with van der Waals surface area (Å²) in [5.41, 5.74) is 5.48. The van der Waals surface area contributed by atoms with Gasteiger partial charge in [-0.25, -0.2) is 0 Å². The average Bonchev–Trinajstić information content (AvgIpc) is 2.82. The number of nitrogens with two attached hydrogens (primary N) is 1. The van der Waals surface area contributed by atoms with Crippen LogP contribution in [0.25, 0.3) is 0 Å². The molecule has 0 radical (unpaired) electrons. The molecule has 3 rings (SSSR count). The van der Waals surface area contributed by atoms with Crippen LogP contribution in [0.3, 0.4) is 0 Å². The zero-order valence-electron chi connectivity index (χ0n) is 10.5. The maximum atomic E-state index is 12.6. The molecule has 0 aromatic carbocycles. The van der Waals surface area contributed by atoms with E-state index in [-0.39, 0.29) is 11.9 Å². The lowest BCUT2D eigenvalue weighted by molar-refractivity contribution is -0.155. The van der Waals surface area contributed by atoms with Crippen LogP contribution in [0.15, 0.2) is 0 Å². The predicted octanol–water partition coefficient (Wildman–Crippen LogP) is 1.04. The summed E-state index contributed by atoms with van der Waals surface area (Å²) < 4.78 is 5.68. The molecule has 0 aromatic rings. The smallest absolute Gasteiger partial charge is 0.255 e. The van der Waals surface area contributed by atoms with Gasteiger partial charge in [-0.15, -0.1) is 0 Å². The summed E-state index contributed by atoms with van der Waals surface area (Å²) in [7, 11) is 0. The normalized spacial score (nSPS) is 45.3. The van der Waals surface area contributed by atoms with Crippen molar-refractivity contribution in [3.8, 4) is 0 Å². The van der Waals surface area contributed by atoms with Gasteiger partial charge in [-0.3, -0.25) is 4.79 Å². The molecule has 3 saturated heterocycles. The van der Waals surface area contributed by atoms with Crippen LogP contribution >= 0.6 is 0 Å². The number of nitrogens with zero attached hydrogens (tertiary/aromatic N) is 1. The van der Waals surface area contributed by atoms with Crippen molar-refractivity contribution < 1.29 is 9.53 Å². The molecule has 2 bridgehead atoms. The van der Waals surface area contributed by atoms with Gasteiger partial charge in [0.25, 0.3) is 5.91 Å². The van der Waals surface area contributed by atoms with Gasteiger partial charge in [-0.1, -0.05) is 0 Å². The third-order valence-electron chi connectivity index (χ3n) is 4.68. The number of amides is 1. The van der Waals surface area contributed by atoms with Gasteiger partial charge in [0, 0.05) is 24.7 Å². The Kier molecular flexibility index (Phi) is 2.67. The number of piperidine rings is 1. The second-order valence-electron chi connectivity index (χ2n) is 6.01. The number of hydrogen-bond donors (Lipinski definition) is 1. The Balaban J connectivity index is 1.78. The predicted molar refractivity (Wildman–Crippen MR) is 64.5 cm³/mol. The third-order valence-corrected chi connectivity index (χ3v) is 4.68. The molecular weight excluding hydrogens is 216 g/mol. The lowest BCUT2D eigenvalue weighted by Gasteiger charge is -2.41. The summed E-state index contributed by atoms with van der Waals surface area (Å²) in [5, 5.41) is 0. The molecule has 0 saturated carbocycles. The molecule has 4 nitrogen and oxygen atoms in total. The van der Waals surface area contributed by atoms with Crippen molar-refractivity contribution in [2.24, 2.45) is 5.73 Å². The third kappa shape index (κ3) is 1.78. The highest BCUT2D eigenvalue weighted by Crippen LogP contribution is 2.39. The van der Waals surface area contributed by atoms with E-state index in [4.69, 9.17) is 10.5 Å². The van der Waals surface area contributed by atoms with Crippen LogP contribution in [0, 0.1) is 0 Å². The highest BCUT2D eigenvalue weighted by Gasteiger charge is 2.49.